The highest BCUT2D eigenvalue weighted by atomic mass is 79.9. The molecule has 0 aliphatic heterocycles. The number of ether oxygens (including phenoxy) is 2. The zero-order chi connectivity index (χ0) is 15.4. The molecule has 0 fully saturated rings. The van der Waals surface area contributed by atoms with Crippen molar-refractivity contribution in [1.82, 2.24) is 4.90 Å². The molecule has 0 aliphatic carbocycles. The number of hydrogen-bond donors (Lipinski definition) is 1. The molecular weight excluding hydrogens is 328 g/mol. The van der Waals surface area contributed by atoms with Crippen LogP contribution in [0, 0.1) is 0 Å². The minimum atomic E-state index is -0.894. The molecule has 0 saturated carbocycles. The highest BCUT2D eigenvalue weighted by Gasteiger charge is 2.24. The number of likely N-dealkylation sites (N-methyl/N-ethyl adjacent to an activating group) is 1. The van der Waals surface area contributed by atoms with E-state index in [9.17, 15) is 9.59 Å². The summed E-state index contributed by atoms with van der Waals surface area (Å²) in [4.78, 5) is 25.2. The molecule has 0 aliphatic rings. The third-order valence-corrected chi connectivity index (χ3v) is 3.31. The van der Waals surface area contributed by atoms with Gasteiger partial charge in [-0.2, -0.15) is 0 Å². The van der Waals surface area contributed by atoms with Crippen LogP contribution in [0.25, 0.3) is 0 Å². The van der Waals surface area contributed by atoms with Gasteiger partial charge in [0.2, 0.25) is 0 Å². The Hall–Kier alpha value is -1.76. The summed E-state index contributed by atoms with van der Waals surface area (Å²) >= 11 is 3.24. The molecule has 1 aromatic carbocycles. The van der Waals surface area contributed by atoms with Crippen molar-refractivity contribution in [3.8, 4) is 5.75 Å². The molecule has 0 heterocycles. The Balaban J connectivity index is 3.01. The number of halogens is 1. The van der Waals surface area contributed by atoms with Gasteiger partial charge in [0.25, 0.3) is 5.91 Å². The molecule has 1 atom stereocenters. The van der Waals surface area contributed by atoms with E-state index in [0.29, 0.717) is 10.2 Å². The third-order valence-electron chi connectivity index (χ3n) is 2.65. The van der Waals surface area contributed by atoms with E-state index in [1.165, 1.54) is 18.9 Å². The molecule has 1 aromatic rings. The maximum Gasteiger partial charge on any atom is 0.342 e. The molecule has 0 spiro atoms. The molecule has 0 saturated heterocycles. The molecule has 20 heavy (non-hydrogen) atoms. The van der Waals surface area contributed by atoms with Crippen LogP contribution in [0.2, 0.25) is 0 Å². The molecule has 0 radical (unpaired) electrons. The van der Waals surface area contributed by atoms with Crippen molar-refractivity contribution in [2.24, 2.45) is 0 Å². The van der Waals surface area contributed by atoms with Crippen molar-refractivity contribution in [3.63, 3.8) is 0 Å². The second-order valence-corrected chi connectivity index (χ2v) is 5.17. The lowest BCUT2D eigenvalue weighted by molar-refractivity contribution is -0.137. The van der Waals surface area contributed by atoms with E-state index in [1.54, 1.807) is 26.2 Å². The lowest BCUT2D eigenvalue weighted by Gasteiger charge is -2.18. The summed E-state index contributed by atoms with van der Waals surface area (Å²) in [7, 11) is 4.62. The highest BCUT2D eigenvalue weighted by molar-refractivity contribution is 9.10. The Morgan fingerprint density at radius 2 is 1.95 bits per heavy atom. The molecule has 0 bridgehead atoms. The number of amides is 1. The molecule has 2 N–H and O–H groups in total. The van der Waals surface area contributed by atoms with Gasteiger partial charge in [-0.25, -0.2) is 4.79 Å². The Bertz CT molecular complexity index is 531. The third kappa shape index (κ3) is 3.41. The molecule has 110 valence electrons. The van der Waals surface area contributed by atoms with Crippen molar-refractivity contribution < 1.29 is 19.1 Å². The standard InChI is InChI=1S/C13H17BrN2O4/c1-7(12(17)16(2)3)20-13(18)10-8(14)5-6-9(19-4)11(10)15/h5-7H,15H2,1-4H3/t7-/m1/s1. The zero-order valence-electron chi connectivity index (χ0n) is 11.8. The Labute approximate surface area is 126 Å². The molecular formula is C13H17BrN2O4. The van der Waals surface area contributed by atoms with Crippen molar-refractivity contribution >= 4 is 33.5 Å². The summed E-state index contributed by atoms with van der Waals surface area (Å²) in [5.41, 5.74) is 6.16. The lowest BCUT2D eigenvalue weighted by atomic mass is 10.1. The van der Waals surface area contributed by atoms with Crippen molar-refractivity contribution in [3.05, 3.63) is 22.2 Å². The number of carbonyl (C=O) groups is 2. The number of methoxy groups -OCH3 is 1. The first kappa shape index (κ1) is 16.3. The van der Waals surface area contributed by atoms with Gasteiger partial charge in [-0.15, -0.1) is 0 Å². The van der Waals surface area contributed by atoms with Gasteiger partial charge >= 0.3 is 5.97 Å². The Kier molecular flexibility index (Phi) is 5.38. The second-order valence-electron chi connectivity index (χ2n) is 4.32. The number of anilines is 1. The molecule has 0 aromatic heterocycles. The number of benzene rings is 1. The monoisotopic (exact) mass is 344 g/mol. The first-order valence-electron chi connectivity index (χ1n) is 5.83. The van der Waals surface area contributed by atoms with E-state index in [-0.39, 0.29) is 17.2 Å². The minimum Gasteiger partial charge on any atom is -0.495 e. The van der Waals surface area contributed by atoms with Gasteiger partial charge in [0.05, 0.1) is 12.8 Å². The van der Waals surface area contributed by atoms with Crippen LogP contribution in [0.3, 0.4) is 0 Å². The fraction of sp³-hybridized carbons (Fsp3) is 0.385. The van der Waals surface area contributed by atoms with Crippen molar-refractivity contribution in [1.29, 1.82) is 0 Å². The molecule has 7 heteroatoms. The number of carbonyl (C=O) groups excluding carboxylic acids is 2. The van der Waals surface area contributed by atoms with E-state index in [2.05, 4.69) is 15.9 Å². The van der Waals surface area contributed by atoms with Crippen LogP contribution in [-0.4, -0.2) is 44.1 Å². The maximum absolute atomic E-state index is 12.1. The van der Waals surface area contributed by atoms with E-state index in [1.807, 2.05) is 0 Å². The second kappa shape index (κ2) is 6.60. The summed E-state index contributed by atoms with van der Waals surface area (Å²) in [5, 5.41) is 0. The molecule has 0 unspecified atom stereocenters. The van der Waals surface area contributed by atoms with Crippen LogP contribution in [0.15, 0.2) is 16.6 Å². The predicted octanol–water partition coefficient (Wildman–Crippen LogP) is 1.67. The number of nitrogens with zero attached hydrogens (tertiary/aromatic N) is 1. The van der Waals surface area contributed by atoms with Crippen LogP contribution in [-0.2, 0) is 9.53 Å². The lowest BCUT2D eigenvalue weighted by Crippen LogP contribution is -2.35. The van der Waals surface area contributed by atoms with Crippen LogP contribution in [0.4, 0.5) is 5.69 Å². The predicted molar refractivity (Wildman–Crippen MR) is 78.7 cm³/mol. The summed E-state index contributed by atoms with van der Waals surface area (Å²) in [6.45, 7) is 1.50. The van der Waals surface area contributed by atoms with Gasteiger partial charge in [-0.05, 0) is 35.0 Å². The van der Waals surface area contributed by atoms with Crippen molar-refractivity contribution in [2.75, 3.05) is 26.9 Å². The Morgan fingerprint density at radius 1 is 1.35 bits per heavy atom. The smallest absolute Gasteiger partial charge is 0.342 e. The van der Waals surface area contributed by atoms with Gasteiger partial charge in [0.15, 0.2) is 6.10 Å². The Morgan fingerprint density at radius 3 is 2.45 bits per heavy atom. The van der Waals surface area contributed by atoms with Crippen LogP contribution in [0.1, 0.15) is 17.3 Å². The largest absolute Gasteiger partial charge is 0.495 e. The van der Waals surface area contributed by atoms with Gasteiger partial charge in [0.1, 0.15) is 11.3 Å². The summed E-state index contributed by atoms with van der Waals surface area (Å²) in [6.07, 6.45) is -0.894. The molecule has 1 rings (SSSR count). The van der Waals surface area contributed by atoms with E-state index >= 15 is 0 Å². The van der Waals surface area contributed by atoms with Crippen molar-refractivity contribution in [2.45, 2.75) is 13.0 Å². The maximum atomic E-state index is 12.1. The van der Waals surface area contributed by atoms with Gasteiger partial charge in [-0.1, -0.05) is 0 Å². The number of nitrogens with two attached hydrogens (primary N) is 1. The zero-order valence-corrected chi connectivity index (χ0v) is 13.4. The highest BCUT2D eigenvalue weighted by Crippen LogP contribution is 2.32. The molecule has 1 amide bonds. The number of hydrogen-bond acceptors (Lipinski definition) is 5. The number of rotatable bonds is 4. The summed E-state index contributed by atoms with van der Waals surface area (Å²) in [5.74, 6) is -0.626. The summed E-state index contributed by atoms with van der Waals surface area (Å²) in [6, 6.07) is 3.26. The van der Waals surface area contributed by atoms with Crippen LogP contribution < -0.4 is 10.5 Å². The average Bonchev–Trinajstić information content (AvgIpc) is 2.37. The SMILES string of the molecule is COc1ccc(Br)c(C(=O)O[C@H](C)C(=O)N(C)C)c1N. The topological polar surface area (TPSA) is 81.9 Å². The van der Waals surface area contributed by atoms with E-state index in [0.717, 1.165) is 0 Å². The minimum absolute atomic E-state index is 0.141. The normalized spacial score (nSPS) is 11.7. The summed E-state index contributed by atoms with van der Waals surface area (Å²) < 4.78 is 10.7. The molecule has 6 nitrogen and oxygen atoms in total. The first-order valence-corrected chi connectivity index (χ1v) is 6.63. The van der Waals surface area contributed by atoms with Crippen LogP contribution >= 0.6 is 15.9 Å². The van der Waals surface area contributed by atoms with Gasteiger partial charge < -0.3 is 20.1 Å². The van der Waals surface area contributed by atoms with Crippen LogP contribution in [0.5, 0.6) is 5.75 Å². The van der Waals surface area contributed by atoms with Gasteiger partial charge in [0, 0.05) is 18.6 Å². The van der Waals surface area contributed by atoms with E-state index in [4.69, 9.17) is 15.2 Å². The fourth-order valence-corrected chi connectivity index (χ4v) is 2.10. The fourth-order valence-electron chi connectivity index (χ4n) is 1.59. The number of esters is 1. The number of nitrogen functional groups attached to an aromatic ring is 1. The van der Waals surface area contributed by atoms with E-state index < -0.39 is 12.1 Å². The first-order chi connectivity index (χ1) is 9.29. The quantitative estimate of drug-likeness (QED) is 0.663. The van der Waals surface area contributed by atoms with Gasteiger partial charge in [-0.3, -0.25) is 4.79 Å². The average molecular weight is 345 g/mol.